The zero-order valence-corrected chi connectivity index (χ0v) is 40.8. The molecule has 0 nitrogen and oxygen atoms in total. The Balaban J connectivity index is -0.0000000407. The zero-order chi connectivity index (χ0) is 43.7. The predicted octanol–water partition coefficient (Wildman–Crippen LogP) is 22.5. The van der Waals surface area contributed by atoms with Gasteiger partial charge in [0, 0.05) is 0 Å². The van der Waals surface area contributed by atoms with Crippen molar-refractivity contribution in [3.05, 3.63) is 144 Å². The van der Waals surface area contributed by atoms with E-state index < -0.39 is 0 Å². The fourth-order valence-corrected chi connectivity index (χ4v) is 3.44. The summed E-state index contributed by atoms with van der Waals surface area (Å²) >= 11 is 0. The van der Waals surface area contributed by atoms with Crippen LogP contribution < -0.4 is 0 Å². The molecule has 1 aliphatic carbocycles. The summed E-state index contributed by atoms with van der Waals surface area (Å²) in [7, 11) is 0. The van der Waals surface area contributed by atoms with E-state index in [0.717, 1.165) is 5.92 Å². The molecule has 0 bridgehead atoms. The predicted molar refractivity (Wildman–Crippen MR) is 289 cm³/mol. The first-order chi connectivity index (χ1) is 26.3. The summed E-state index contributed by atoms with van der Waals surface area (Å²) in [4.78, 5) is 0. The van der Waals surface area contributed by atoms with Gasteiger partial charge in [0.05, 0.1) is 0 Å². The van der Waals surface area contributed by atoms with Gasteiger partial charge in [-0.25, -0.2) is 0 Å². The van der Waals surface area contributed by atoms with Gasteiger partial charge >= 0.3 is 0 Å². The quantitative estimate of drug-likeness (QED) is 0.180. The van der Waals surface area contributed by atoms with E-state index in [4.69, 9.17) is 0 Å². The molecule has 0 N–H and O–H groups in total. The van der Waals surface area contributed by atoms with Gasteiger partial charge in [-0.1, -0.05) is 342 Å². The normalized spacial score (nSPS) is 8.71. The van der Waals surface area contributed by atoms with Gasteiger partial charge in [-0.2, -0.15) is 0 Å². The number of benzene rings is 4. The highest BCUT2D eigenvalue weighted by Gasteiger charge is 2.05. The summed E-state index contributed by atoms with van der Waals surface area (Å²) in [6, 6.07) is 41.0. The summed E-state index contributed by atoms with van der Waals surface area (Å²) < 4.78 is 0. The molecule has 1 saturated carbocycles. The summed E-state index contributed by atoms with van der Waals surface area (Å²) in [5, 5.41) is 0. The van der Waals surface area contributed by atoms with Gasteiger partial charge in [-0.3, -0.25) is 0 Å². The molecular formula is C58H116. The molecule has 0 aliphatic heterocycles. The maximum atomic E-state index is 2.36. The number of aryl methyl sites for hydroxylation is 4. The maximum Gasteiger partial charge on any atom is -0.0398 e. The fraction of sp³-hybridized carbons (Fsp3) is 0.586. The molecule has 0 heterocycles. The minimum absolute atomic E-state index is 0. The highest BCUT2D eigenvalue weighted by Crippen LogP contribution is 2.22. The third-order valence-electron chi connectivity index (χ3n) is 6.16. The van der Waals surface area contributed by atoms with E-state index in [1.807, 2.05) is 156 Å². The average Bonchev–Trinajstić information content (AvgIpc) is 3.25. The van der Waals surface area contributed by atoms with Gasteiger partial charge in [0.15, 0.2) is 0 Å². The molecule has 0 unspecified atom stereocenters. The van der Waals surface area contributed by atoms with Crippen molar-refractivity contribution in [1.29, 1.82) is 0 Å². The third kappa shape index (κ3) is 99.2. The van der Waals surface area contributed by atoms with E-state index in [-0.39, 0.29) is 29.7 Å². The standard InChI is InChI=1S/C7H14.4C7H8.C4H10.C3H8.6C2H6.4CH4/c5*1-7-5-3-2-4-6-7;1-3-4-2;1-3-2;6*1-2;;;;/h7H,2-6H2,1H3;4*2-6H,1H3;3-4H2,1-2H3;3H2,1-2H3;6*1-2H3;4*1H4. The second-order valence-electron chi connectivity index (χ2n) is 11.1. The van der Waals surface area contributed by atoms with Crippen LogP contribution in [0.15, 0.2) is 121 Å². The molecule has 5 rings (SSSR count). The van der Waals surface area contributed by atoms with Crippen molar-refractivity contribution in [2.75, 3.05) is 0 Å². The van der Waals surface area contributed by atoms with E-state index in [2.05, 4.69) is 111 Å². The Kier molecular flexibility index (Phi) is 142. The molecule has 348 valence electrons. The third-order valence-corrected chi connectivity index (χ3v) is 6.16. The Labute approximate surface area is 374 Å². The Morgan fingerprint density at radius 3 is 0.552 bits per heavy atom. The van der Waals surface area contributed by atoms with Crippen molar-refractivity contribution >= 4 is 0 Å². The van der Waals surface area contributed by atoms with E-state index in [9.17, 15) is 0 Å². The molecule has 1 fully saturated rings. The minimum Gasteiger partial charge on any atom is -0.0776 e. The van der Waals surface area contributed by atoms with Crippen LogP contribution in [-0.4, -0.2) is 0 Å². The second kappa shape index (κ2) is 94.7. The molecule has 0 amide bonds. The van der Waals surface area contributed by atoms with E-state index in [1.165, 1.54) is 73.6 Å². The van der Waals surface area contributed by atoms with Crippen LogP contribution in [0.4, 0.5) is 0 Å². The van der Waals surface area contributed by atoms with E-state index >= 15 is 0 Å². The Hall–Kier alpha value is -3.12. The topological polar surface area (TPSA) is 0 Å². The SMILES string of the molecule is C.C.C.C.CC.CC.CC.CC.CC.CC.CC1CCCCC1.CCC.CCCC.Cc1ccccc1.Cc1ccccc1.Cc1ccccc1.Cc1ccccc1. The van der Waals surface area contributed by atoms with Crippen molar-refractivity contribution < 1.29 is 0 Å². The molecule has 0 atom stereocenters. The van der Waals surface area contributed by atoms with Gasteiger partial charge in [-0.05, 0) is 33.6 Å². The van der Waals surface area contributed by atoms with Gasteiger partial charge in [0.1, 0.15) is 0 Å². The van der Waals surface area contributed by atoms with Crippen molar-refractivity contribution in [2.45, 2.75) is 226 Å². The molecule has 0 saturated heterocycles. The second-order valence-corrected chi connectivity index (χ2v) is 11.1. The largest absolute Gasteiger partial charge is 0.0776 e. The Morgan fingerprint density at radius 1 is 0.328 bits per heavy atom. The van der Waals surface area contributed by atoms with Crippen LogP contribution in [0.2, 0.25) is 0 Å². The lowest BCUT2D eigenvalue weighted by molar-refractivity contribution is 0.385. The zero-order valence-electron chi connectivity index (χ0n) is 40.8. The molecule has 4 aromatic rings. The lowest BCUT2D eigenvalue weighted by atomic mass is 9.91. The monoisotopic (exact) mass is 813 g/mol. The summed E-state index contributed by atoms with van der Waals surface area (Å²) in [5.74, 6) is 1.04. The molecule has 58 heavy (non-hydrogen) atoms. The molecule has 1 aliphatic rings. The number of hydrogen-bond donors (Lipinski definition) is 0. The number of unbranched alkanes of at least 4 members (excludes halogenated alkanes) is 1. The number of hydrogen-bond acceptors (Lipinski definition) is 0. The van der Waals surface area contributed by atoms with E-state index in [1.54, 1.807) is 0 Å². The van der Waals surface area contributed by atoms with Crippen LogP contribution in [0.25, 0.3) is 0 Å². The first kappa shape index (κ1) is 86.6. The van der Waals surface area contributed by atoms with Crippen LogP contribution >= 0.6 is 0 Å². The average molecular weight is 814 g/mol. The Morgan fingerprint density at radius 2 is 0.483 bits per heavy atom. The van der Waals surface area contributed by atoms with Gasteiger partial charge in [0.2, 0.25) is 0 Å². The summed E-state index contributed by atoms with van der Waals surface area (Å²) in [6.07, 6.45) is 11.3. The van der Waals surface area contributed by atoms with Crippen LogP contribution in [0.3, 0.4) is 0 Å². The number of rotatable bonds is 1. The van der Waals surface area contributed by atoms with Crippen molar-refractivity contribution in [2.24, 2.45) is 5.92 Å². The van der Waals surface area contributed by atoms with E-state index in [0.29, 0.717) is 0 Å². The molecule has 0 aromatic heterocycles. The van der Waals surface area contributed by atoms with Gasteiger partial charge in [0.25, 0.3) is 0 Å². The highest BCUT2D eigenvalue weighted by atomic mass is 14.1. The van der Waals surface area contributed by atoms with Crippen molar-refractivity contribution in [3.8, 4) is 0 Å². The molecule has 4 aromatic carbocycles. The van der Waals surface area contributed by atoms with Crippen LogP contribution in [-0.2, 0) is 0 Å². The first-order valence-corrected chi connectivity index (χ1v) is 22.4. The van der Waals surface area contributed by atoms with Crippen LogP contribution in [0.5, 0.6) is 0 Å². The van der Waals surface area contributed by atoms with Crippen molar-refractivity contribution in [1.82, 2.24) is 0 Å². The summed E-state index contributed by atoms with van der Waals surface area (Å²) in [6.45, 7) is 43.3. The lowest BCUT2D eigenvalue weighted by Gasteiger charge is -2.15. The molecule has 0 radical (unpaired) electrons. The highest BCUT2D eigenvalue weighted by molar-refractivity contribution is 5.13. The van der Waals surface area contributed by atoms with Crippen molar-refractivity contribution in [3.63, 3.8) is 0 Å². The molecular weight excluding hydrogens is 697 g/mol. The maximum absolute atomic E-state index is 2.36. The Bertz CT molecular complexity index is 833. The van der Waals surface area contributed by atoms with Gasteiger partial charge < -0.3 is 0 Å². The fourth-order valence-electron chi connectivity index (χ4n) is 3.44. The van der Waals surface area contributed by atoms with Gasteiger partial charge in [-0.15, -0.1) is 0 Å². The lowest BCUT2D eigenvalue weighted by Crippen LogP contribution is -1.99. The smallest absolute Gasteiger partial charge is 0.0398 e. The summed E-state index contributed by atoms with van der Waals surface area (Å²) in [5.41, 5.74) is 5.29. The first-order valence-electron chi connectivity index (χ1n) is 22.4. The molecule has 0 heteroatoms. The molecule has 0 spiro atoms. The minimum atomic E-state index is 0. The van der Waals surface area contributed by atoms with Crippen LogP contribution in [0, 0.1) is 33.6 Å². The van der Waals surface area contributed by atoms with Crippen LogP contribution in [0.1, 0.15) is 221 Å².